The minimum Gasteiger partial charge on any atom is -0.508 e. The Hall–Kier alpha value is -1.82. The summed E-state index contributed by atoms with van der Waals surface area (Å²) in [7, 11) is 0. The molecule has 2 rings (SSSR count). The van der Waals surface area contributed by atoms with Crippen LogP contribution in [0.4, 0.5) is 0 Å². The van der Waals surface area contributed by atoms with Crippen molar-refractivity contribution in [2.75, 3.05) is 6.61 Å². The SMILES string of the molecule is CC(C)NC(O)C(O)COc1cc(O)cc2ccccc12. The Balaban J connectivity index is 2.10. The van der Waals surface area contributed by atoms with E-state index in [1.165, 1.54) is 6.07 Å². The van der Waals surface area contributed by atoms with Gasteiger partial charge in [0.05, 0.1) is 0 Å². The van der Waals surface area contributed by atoms with Crippen LogP contribution in [0.5, 0.6) is 11.5 Å². The molecule has 4 N–H and O–H groups in total. The van der Waals surface area contributed by atoms with Gasteiger partial charge in [0.1, 0.15) is 30.4 Å². The Morgan fingerprint density at radius 1 is 1.14 bits per heavy atom. The molecular weight excluding hydrogens is 270 g/mol. The predicted molar refractivity (Wildman–Crippen MR) is 81.4 cm³/mol. The van der Waals surface area contributed by atoms with Crippen LogP contribution in [-0.2, 0) is 0 Å². The number of phenolic OH excluding ortho intramolecular Hbond substituents is 1. The number of rotatable bonds is 6. The molecule has 5 heteroatoms. The number of fused-ring (bicyclic) bond motifs is 1. The molecule has 5 nitrogen and oxygen atoms in total. The van der Waals surface area contributed by atoms with Crippen molar-refractivity contribution in [1.82, 2.24) is 5.32 Å². The summed E-state index contributed by atoms with van der Waals surface area (Å²) < 4.78 is 5.55. The maximum absolute atomic E-state index is 9.87. The number of nitrogens with one attached hydrogen (secondary N) is 1. The van der Waals surface area contributed by atoms with E-state index in [0.29, 0.717) is 5.75 Å². The highest BCUT2D eigenvalue weighted by atomic mass is 16.5. The van der Waals surface area contributed by atoms with E-state index in [1.54, 1.807) is 6.07 Å². The van der Waals surface area contributed by atoms with Crippen LogP contribution in [0.15, 0.2) is 36.4 Å². The molecule has 0 spiro atoms. The summed E-state index contributed by atoms with van der Waals surface area (Å²) in [4.78, 5) is 0. The Kier molecular flexibility index (Phi) is 5.01. The molecule has 2 unspecified atom stereocenters. The lowest BCUT2D eigenvalue weighted by molar-refractivity contribution is -0.0287. The second-order valence-electron chi connectivity index (χ2n) is 5.31. The largest absolute Gasteiger partial charge is 0.508 e. The molecule has 2 aromatic rings. The maximum Gasteiger partial charge on any atom is 0.134 e. The van der Waals surface area contributed by atoms with Crippen LogP contribution in [0, 0.1) is 0 Å². The maximum atomic E-state index is 9.87. The van der Waals surface area contributed by atoms with Crippen LogP contribution in [0.3, 0.4) is 0 Å². The lowest BCUT2D eigenvalue weighted by Crippen LogP contribution is -2.45. The van der Waals surface area contributed by atoms with Crippen molar-refractivity contribution in [1.29, 1.82) is 0 Å². The number of benzene rings is 2. The quantitative estimate of drug-likeness (QED) is 0.608. The summed E-state index contributed by atoms with van der Waals surface area (Å²) in [6, 6.07) is 10.7. The lowest BCUT2D eigenvalue weighted by atomic mass is 10.1. The van der Waals surface area contributed by atoms with Crippen molar-refractivity contribution in [3.05, 3.63) is 36.4 Å². The van der Waals surface area contributed by atoms with Gasteiger partial charge < -0.3 is 20.1 Å². The number of hydrogen-bond acceptors (Lipinski definition) is 5. The summed E-state index contributed by atoms with van der Waals surface area (Å²) >= 11 is 0. The second-order valence-corrected chi connectivity index (χ2v) is 5.31. The summed E-state index contributed by atoms with van der Waals surface area (Å²) in [5, 5.41) is 33.8. The van der Waals surface area contributed by atoms with Gasteiger partial charge in [-0.1, -0.05) is 24.3 Å². The van der Waals surface area contributed by atoms with Crippen LogP contribution in [0.25, 0.3) is 10.8 Å². The first-order chi connectivity index (χ1) is 9.97. The Labute approximate surface area is 123 Å². The molecule has 114 valence electrons. The van der Waals surface area contributed by atoms with Crippen LogP contribution < -0.4 is 10.1 Å². The monoisotopic (exact) mass is 291 g/mol. The van der Waals surface area contributed by atoms with Crippen LogP contribution >= 0.6 is 0 Å². The minimum atomic E-state index is -1.06. The van der Waals surface area contributed by atoms with Crippen LogP contribution in [0.1, 0.15) is 13.8 Å². The topological polar surface area (TPSA) is 82.0 Å². The van der Waals surface area contributed by atoms with E-state index in [2.05, 4.69) is 5.32 Å². The van der Waals surface area contributed by atoms with Crippen LogP contribution in [-0.4, -0.2) is 40.3 Å². The third-order valence-corrected chi connectivity index (χ3v) is 3.09. The van der Waals surface area contributed by atoms with E-state index in [9.17, 15) is 15.3 Å². The van der Waals surface area contributed by atoms with Gasteiger partial charge in [-0.05, 0) is 25.3 Å². The first-order valence-electron chi connectivity index (χ1n) is 6.94. The van der Waals surface area contributed by atoms with Gasteiger partial charge in [0.15, 0.2) is 0 Å². The van der Waals surface area contributed by atoms with Gasteiger partial charge in [0, 0.05) is 17.5 Å². The molecule has 0 aliphatic heterocycles. The highest BCUT2D eigenvalue weighted by Crippen LogP contribution is 2.30. The molecular formula is C16H21NO4. The van der Waals surface area contributed by atoms with Gasteiger partial charge in [-0.2, -0.15) is 0 Å². The van der Waals surface area contributed by atoms with Gasteiger partial charge in [-0.15, -0.1) is 0 Å². The fraction of sp³-hybridized carbons (Fsp3) is 0.375. The Morgan fingerprint density at radius 2 is 1.86 bits per heavy atom. The Bertz CT molecular complexity index is 600. The Morgan fingerprint density at radius 3 is 2.57 bits per heavy atom. The van der Waals surface area contributed by atoms with Crippen molar-refractivity contribution in [3.63, 3.8) is 0 Å². The number of aliphatic hydroxyl groups excluding tert-OH is 2. The molecule has 2 atom stereocenters. The van der Waals surface area contributed by atoms with Gasteiger partial charge in [-0.3, -0.25) is 5.32 Å². The number of phenols is 1. The smallest absolute Gasteiger partial charge is 0.134 e. The average Bonchev–Trinajstić information content (AvgIpc) is 2.43. The fourth-order valence-electron chi connectivity index (χ4n) is 2.10. The van der Waals surface area contributed by atoms with E-state index >= 15 is 0 Å². The zero-order chi connectivity index (χ0) is 15.4. The van der Waals surface area contributed by atoms with E-state index in [4.69, 9.17) is 4.74 Å². The molecule has 0 amide bonds. The molecule has 2 aromatic carbocycles. The number of hydrogen-bond donors (Lipinski definition) is 4. The summed E-state index contributed by atoms with van der Waals surface area (Å²) in [6.45, 7) is 3.67. The van der Waals surface area contributed by atoms with Gasteiger partial charge in [-0.25, -0.2) is 0 Å². The molecule has 0 saturated carbocycles. The fourth-order valence-corrected chi connectivity index (χ4v) is 2.10. The average molecular weight is 291 g/mol. The first kappa shape index (κ1) is 15.6. The number of aromatic hydroxyl groups is 1. The molecule has 0 aromatic heterocycles. The van der Waals surface area contributed by atoms with Crippen molar-refractivity contribution in [2.24, 2.45) is 0 Å². The van der Waals surface area contributed by atoms with E-state index in [-0.39, 0.29) is 18.4 Å². The first-order valence-corrected chi connectivity index (χ1v) is 6.94. The molecule has 0 bridgehead atoms. The second kappa shape index (κ2) is 6.76. The summed E-state index contributed by atoms with van der Waals surface area (Å²) in [6.07, 6.45) is -2.12. The molecule has 0 fully saturated rings. The highest BCUT2D eigenvalue weighted by molar-refractivity contribution is 5.89. The van der Waals surface area contributed by atoms with E-state index in [1.807, 2.05) is 38.1 Å². The third-order valence-electron chi connectivity index (χ3n) is 3.09. The van der Waals surface area contributed by atoms with Crippen molar-refractivity contribution in [3.8, 4) is 11.5 Å². The predicted octanol–water partition coefficient (Wildman–Crippen LogP) is 1.60. The molecule has 0 heterocycles. The van der Waals surface area contributed by atoms with Crippen LogP contribution in [0.2, 0.25) is 0 Å². The zero-order valence-electron chi connectivity index (χ0n) is 12.2. The standard InChI is InChI=1S/C16H21NO4/c1-10(2)17-16(20)14(19)9-21-15-8-12(18)7-11-5-3-4-6-13(11)15/h3-8,10,14,16-20H,9H2,1-2H3. The van der Waals surface area contributed by atoms with Crippen molar-refractivity contribution in [2.45, 2.75) is 32.2 Å². The third kappa shape index (κ3) is 4.07. The minimum absolute atomic E-state index is 0.0521. The van der Waals surface area contributed by atoms with E-state index < -0.39 is 12.3 Å². The highest BCUT2D eigenvalue weighted by Gasteiger charge is 2.18. The van der Waals surface area contributed by atoms with Gasteiger partial charge >= 0.3 is 0 Å². The normalized spacial score (nSPS) is 14.3. The zero-order valence-corrected chi connectivity index (χ0v) is 12.2. The van der Waals surface area contributed by atoms with Gasteiger partial charge in [0.2, 0.25) is 0 Å². The number of ether oxygens (including phenoxy) is 1. The van der Waals surface area contributed by atoms with E-state index in [0.717, 1.165) is 10.8 Å². The molecule has 0 radical (unpaired) electrons. The van der Waals surface area contributed by atoms with Gasteiger partial charge in [0.25, 0.3) is 0 Å². The van der Waals surface area contributed by atoms with Crippen molar-refractivity contribution >= 4 is 10.8 Å². The van der Waals surface area contributed by atoms with Crippen molar-refractivity contribution < 1.29 is 20.1 Å². The molecule has 0 aliphatic carbocycles. The summed E-state index contributed by atoms with van der Waals surface area (Å²) in [5.74, 6) is 0.570. The molecule has 21 heavy (non-hydrogen) atoms. The molecule has 0 saturated heterocycles. The summed E-state index contributed by atoms with van der Waals surface area (Å²) in [5.41, 5.74) is 0. The molecule has 0 aliphatic rings. The number of aliphatic hydroxyl groups is 2. The lowest BCUT2D eigenvalue weighted by Gasteiger charge is -2.21.